The molecule has 0 radical (unpaired) electrons. The lowest BCUT2D eigenvalue weighted by molar-refractivity contribution is 1.15. The molecule has 0 aliphatic heterocycles. The molecule has 3 rings (SSSR count). The van der Waals surface area contributed by atoms with Crippen molar-refractivity contribution in [1.29, 1.82) is 0 Å². The van der Waals surface area contributed by atoms with Gasteiger partial charge in [-0.1, -0.05) is 6.07 Å². The van der Waals surface area contributed by atoms with Crippen LogP contribution in [-0.2, 0) is 0 Å². The Morgan fingerprint density at radius 1 is 0.824 bits per heavy atom. The Morgan fingerprint density at radius 2 is 1.82 bits per heavy atom. The first-order valence-electron chi connectivity index (χ1n) is 5.08. The summed E-state index contributed by atoms with van der Waals surface area (Å²) in [6, 6.07) is 7.59. The van der Waals surface area contributed by atoms with Crippen LogP contribution in [0.4, 0.5) is 0 Å². The molecule has 0 spiro atoms. The topological polar surface area (TPSA) is 51.6 Å². The van der Waals surface area contributed by atoms with E-state index in [1.165, 1.54) is 11.3 Å². The minimum atomic E-state index is 0.642. The molecular formula is C12H8N4S. The second-order valence-corrected chi connectivity index (χ2v) is 4.21. The molecule has 0 aromatic carbocycles. The van der Waals surface area contributed by atoms with Gasteiger partial charge in [-0.25, -0.2) is 15.0 Å². The van der Waals surface area contributed by atoms with E-state index < -0.39 is 0 Å². The van der Waals surface area contributed by atoms with E-state index in [9.17, 15) is 0 Å². The summed E-state index contributed by atoms with van der Waals surface area (Å²) in [7, 11) is 0. The van der Waals surface area contributed by atoms with Crippen LogP contribution >= 0.6 is 11.3 Å². The molecular weight excluding hydrogens is 232 g/mol. The monoisotopic (exact) mass is 240 g/mol. The van der Waals surface area contributed by atoms with Crippen LogP contribution in [0.3, 0.4) is 0 Å². The highest BCUT2D eigenvalue weighted by Gasteiger charge is 2.06. The zero-order valence-corrected chi connectivity index (χ0v) is 9.63. The molecule has 0 fully saturated rings. The maximum atomic E-state index is 4.46. The zero-order valence-electron chi connectivity index (χ0n) is 8.82. The van der Waals surface area contributed by atoms with Gasteiger partial charge in [0.1, 0.15) is 0 Å². The van der Waals surface area contributed by atoms with Crippen LogP contribution in [0.5, 0.6) is 0 Å². The van der Waals surface area contributed by atoms with E-state index >= 15 is 0 Å². The number of pyridine rings is 1. The molecule has 17 heavy (non-hydrogen) atoms. The second kappa shape index (κ2) is 4.39. The first kappa shape index (κ1) is 10.0. The largest absolute Gasteiger partial charge is 0.255 e. The summed E-state index contributed by atoms with van der Waals surface area (Å²) in [5, 5.41) is 2.73. The predicted octanol–water partition coefficient (Wildman–Crippen LogP) is 2.66. The van der Waals surface area contributed by atoms with Crippen LogP contribution in [0.15, 0.2) is 48.2 Å². The Balaban J connectivity index is 2.06. The molecule has 3 aromatic heterocycles. The third-order valence-corrected chi connectivity index (χ3v) is 2.98. The average Bonchev–Trinajstić information content (AvgIpc) is 2.94. The van der Waals surface area contributed by atoms with Crippen molar-refractivity contribution in [2.24, 2.45) is 0 Å². The van der Waals surface area contributed by atoms with E-state index in [0.717, 1.165) is 16.4 Å². The van der Waals surface area contributed by atoms with Crippen LogP contribution in [0.1, 0.15) is 0 Å². The Morgan fingerprint density at radius 3 is 2.59 bits per heavy atom. The van der Waals surface area contributed by atoms with Gasteiger partial charge < -0.3 is 0 Å². The van der Waals surface area contributed by atoms with Gasteiger partial charge in [-0.15, -0.1) is 11.3 Å². The zero-order chi connectivity index (χ0) is 11.5. The van der Waals surface area contributed by atoms with E-state index in [0.29, 0.717) is 5.82 Å². The minimum absolute atomic E-state index is 0.642. The fourth-order valence-corrected chi connectivity index (χ4v) is 2.03. The lowest BCUT2D eigenvalue weighted by atomic mass is 10.2. The fraction of sp³-hybridized carbons (Fsp3) is 0. The van der Waals surface area contributed by atoms with Crippen LogP contribution in [-0.4, -0.2) is 19.9 Å². The predicted molar refractivity (Wildman–Crippen MR) is 66.4 cm³/mol. The van der Waals surface area contributed by atoms with Gasteiger partial charge >= 0.3 is 0 Å². The van der Waals surface area contributed by atoms with E-state index in [4.69, 9.17) is 0 Å². The summed E-state index contributed by atoms with van der Waals surface area (Å²) in [6.45, 7) is 0. The quantitative estimate of drug-likeness (QED) is 0.691. The lowest BCUT2D eigenvalue weighted by Crippen LogP contribution is -1.92. The molecule has 3 heterocycles. The van der Waals surface area contributed by atoms with E-state index in [1.54, 1.807) is 18.6 Å². The molecule has 82 valence electrons. The highest BCUT2D eigenvalue weighted by molar-refractivity contribution is 7.12. The van der Waals surface area contributed by atoms with Crippen LogP contribution in [0.2, 0.25) is 0 Å². The van der Waals surface area contributed by atoms with Crippen LogP contribution < -0.4 is 0 Å². The van der Waals surface area contributed by atoms with Gasteiger partial charge in [-0.3, -0.25) is 4.98 Å². The molecule has 5 heteroatoms. The standard InChI is InChI=1S/C12H8N4S/c1-2-5-13-9(3-1)10-4-6-14-11(16-10)12-15-7-8-17-12/h1-8H. The molecule has 0 aliphatic carbocycles. The van der Waals surface area contributed by atoms with Crippen molar-refractivity contribution in [3.05, 3.63) is 48.2 Å². The molecule has 0 saturated heterocycles. The maximum absolute atomic E-state index is 4.46. The molecule has 0 amide bonds. The summed E-state index contributed by atoms with van der Waals surface area (Å²) in [4.78, 5) is 17.1. The molecule has 3 aromatic rings. The van der Waals surface area contributed by atoms with Crippen LogP contribution in [0.25, 0.3) is 22.2 Å². The summed E-state index contributed by atoms with van der Waals surface area (Å²) in [5.41, 5.74) is 1.65. The van der Waals surface area contributed by atoms with Gasteiger partial charge in [0.05, 0.1) is 11.4 Å². The van der Waals surface area contributed by atoms with Gasteiger partial charge in [-0.05, 0) is 18.2 Å². The molecule has 0 N–H and O–H groups in total. The van der Waals surface area contributed by atoms with E-state index in [-0.39, 0.29) is 0 Å². The van der Waals surface area contributed by atoms with E-state index in [2.05, 4.69) is 19.9 Å². The summed E-state index contributed by atoms with van der Waals surface area (Å²) < 4.78 is 0. The maximum Gasteiger partial charge on any atom is 0.189 e. The average molecular weight is 240 g/mol. The van der Waals surface area contributed by atoms with Crippen molar-refractivity contribution >= 4 is 11.3 Å². The number of hydrogen-bond acceptors (Lipinski definition) is 5. The van der Waals surface area contributed by atoms with Gasteiger partial charge in [0.25, 0.3) is 0 Å². The van der Waals surface area contributed by atoms with Crippen molar-refractivity contribution in [3.63, 3.8) is 0 Å². The smallest absolute Gasteiger partial charge is 0.189 e. The number of rotatable bonds is 2. The fourth-order valence-electron chi connectivity index (χ4n) is 1.45. The Labute approximate surface area is 102 Å². The second-order valence-electron chi connectivity index (χ2n) is 3.32. The normalized spacial score (nSPS) is 10.4. The van der Waals surface area contributed by atoms with Gasteiger partial charge in [0, 0.05) is 24.0 Å². The molecule has 0 bridgehead atoms. The van der Waals surface area contributed by atoms with E-state index in [1.807, 2.05) is 29.6 Å². The van der Waals surface area contributed by atoms with Crippen molar-refractivity contribution in [1.82, 2.24) is 19.9 Å². The number of nitrogens with zero attached hydrogens (tertiary/aromatic N) is 4. The Hall–Kier alpha value is -2.14. The Kier molecular flexibility index (Phi) is 2.59. The number of aromatic nitrogens is 4. The molecule has 0 atom stereocenters. The summed E-state index contributed by atoms with van der Waals surface area (Å²) in [6.07, 6.45) is 5.23. The molecule has 0 saturated carbocycles. The van der Waals surface area contributed by atoms with Crippen molar-refractivity contribution in [3.8, 4) is 22.2 Å². The number of hydrogen-bond donors (Lipinski definition) is 0. The first-order valence-corrected chi connectivity index (χ1v) is 5.96. The Bertz CT molecular complexity index is 607. The van der Waals surface area contributed by atoms with Crippen molar-refractivity contribution in [2.45, 2.75) is 0 Å². The van der Waals surface area contributed by atoms with Gasteiger partial charge in [-0.2, -0.15) is 0 Å². The highest BCUT2D eigenvalue weighted by atomic mass is 32.1. The summed E-state index contributed by atoms with van der Waals surface area (Å²) in [5.74, 6) is 0.642. The SMILES string of the molecule is c1ccc(-c2ccnc(-c3nccs3)n2)nc1. The van der Waals surface area contributed by atoms with Gasteiger partial charge in [0.2, 0.25) is 0 Å². The van der Waals surface area contributed by atoms with Crippen molar-refractivity contribution < 1.29 is 0 Å². The molecule has 0 aliphatic rings. The van der Waals surface area contributed by atoms with Crippen LogP contribution in [0, 0.1) is 0 Å². The van der Waals surface area contributed by atoms with Crippen molar-refractivity contribution in [2.75, 3.05) is 0 Å². The third kappa shape index (κ3) is 2.05. The minimum Gasteiger partial charge on any atom is -0.255 e. The summed E-state index contributed by atoms with van der Waals surface area (Å²) >= 11 is 1.52. The first-order chi connectivity index (χ1) is 8.43. The number of thiazole rings is 1. The highest BCUT2D eigenvalue weighted by Crippen LogP contribution is 2.20. The lowest BCUT2D eigenvalue weighted by Gasteiger charge is -2.00. The molecule has 0 unspecified atom stereocenters. The van der Waals surface area contributed by atoms with Gasteiger partial charge in [0.15, 0.2) is 10.8 Å². The third-order valence-electron chi connectivity index (χ3n) is 2.21. The molecule has 4 nitrogen and oxygen atoms in total.